The van der Waals surface area contributed by atoms with Gasteiger partial charge in [0, 0.05) is 31.8 Å². The molecule has 0 aliphatic carbocycles. The molecule has 2 saturated heterocycles. The standard InChI is InChI=1S/C65H110N2O9/c1-7-9-11-13-15-17-19-21-23-25-27-29-31-33-35-40-44-65(45-41-36-34-32-30-28-26-24-22-20-18-16-14-12-10-8-2)74-54-60(76-65)52-67(6)53-62(68)66-46-47-70-48-49-71-50-51-72-64-58(5)56(3)57(4)61(75-64)55-73-63(69)59-42-38-37-39-43-59/h15-18,21-24,37-39,42-43,56-58,60-61,64H,7-14,19-20,25-36,40-41,44-55H2,1-6H3,(H,66,68)/b17-15-,18-16-,23-21-,24-22-/t56-,57-,58?,60-,61?,64+/m0/s1. The first-order chi connectivity index (χ1) is 37.2. The Kier molecular flexibility index (Phi) is 39.4. The van der Waals surface area contributed by atoms with E-state index in [1.165, 1.54) is 128 Å². The summed E-state index contributed by atoms with van der Waals surface area (Å²) in [5.74, 6) is -0.185. The van der Waals surface area contributed by atoms with Gasteiger partial charge in [0.2, 0.25) is 5.91 Å². The Morgan fingerprint density at radius 2 is 1.14 bits per heavy atom. The molecular formula is C65H110N2O9. The smallest absolute Gasteiger partial charge is 0.338 e. The van der Waals surface area contributed by atoms with Gasteiger partial charge in [-0.25, -0.2) is 4.79 Å². The van der Waals surface area contributed by atoms with Gasteiger partial charge in [-0.05, 0) is 108 Å². The van der Waals surface area contributed by atoms with E-state index in [4.69, 9.17) is 33.2 Å². The highest BCUT2D eigenvalue weighted by atomic mass is 16.7. The van der Waals surface area contributed by atoms with Gasteiger partial charge in [-0.1, -0.05) is 178 Å². The topological polar surface area (TPSA) is 114 Å². The predicted molar refractivity (Wildman–Crippen MR) is 312 cm³/mol. The van der Waals surface area contributed by atoms with Crippen LogP contribution in [-0.4, -0.2) is 114 Å². The highest BCUT2D eigenvalue weighted by Crippen LogP contribution is 2.37. The van der Waals surface area contributed by atoms with Crippen molar-refractivity contribution in [2.45, 2.75) is 226 Å². The number of carbonyl (C=O) groups excluding carboxylic acids is 2. The molecule has 1 aromatic rings. The third-order valence-corrected chi connectivity index (χ3v) is 15.2. The highest BCUT2D eigenvalue weighted by molar-refractivity contribution is 5.89. The fourth-order valence-electron chi connectivity index (χ4n) is 10.1. The normalized spacial score (nSPS) is 20.8. The molecule has 1 aromatic carbocycles. The summed E-state index contributed by atoms with van der Waals surface area (Å²) in [6.07, 6.45) is 49.5. The number of unbranched alkanes of at least 4 members (excludes halogenated alkanes) is 18. The van der Waals surface area contributed by atoms with Crippen LogP contribution in [0.5, 0.6) is 0 Å². The molecule has 1 N–H and O–H groups in total. The Labute approximate surface area is 464 Å². The number of likely N-dealkylation sites (N-methyl/N-ethyl adjacent to an activating group) is 1. The van der Waals surface area contributed by atoms with Gasteiger partial charge in [-0.3, -0.25) is 9.69 Å². The minimum Gasteiger partial charge on any atom is -0.459 e. The minimum atomic E-state index is -0.516. The van der Waals surface area contributed by atoms with Crippen molar-refractivity contribution in [2.75, 3.05) is 72.9 Å². The van der Waals surface area contributed by atoms with Crippen LogP contribution >= 0.6 is 0 Å². The van der Waals surface area contributed by atoms with Crippen LogP contribution in [0.15, 0.2) is 78.9 Å². The van der Waals surface area contributed by atoms with E-state index < -0.39 is 12.1 Å². The van der Waals surface area contributed by atoms with Crippen molar-refractivity contribution >= 4 is 11.9 Å². The molecule has 0 saturated carbocycles. The lowest BCUT2D eigenvalue weighted by Gasteiger charge is -2.43. The van der Waals surface area contributed by atoms with E-state index in [-0.39, 0.29) is 49.1 Å². The van der Waals surface area contributed by atoms with Gasteiger partial charge in [-0.15, -0.1) is 0 Å². The van der Waals surface area contributed by atoms with Crippen molar-refractivity contribution in [3.8, 4) is 0 Å². The summed E-state index contributed by atoms with van der Waals surface area (Å²) in [6.45, 7) is 15.1. The number of benzene rings is 1. The number of hydrogen-bond acceptors (Lipinski definition) is 10. The van der Waals surface area contributed by atoms with Gasteiger partial charge in [-0.2, -0.15) is 0 Å². The third kappa shape index (κ3) is 32.0. The molecular weight excluding hydrogens is 953 g/mol. The molecule has 2 heterocycles. The maximum Gasteiger partial charge on any atom is 0.338 e. The first kappa shape index (κ1) is 67.1. The molecule has 76 heavy (non-hydrogen) atoms. The Morgan fingerprint density at radius 3 is 1.71 bits per heavy atom. The average Bonchev–Trinajstić information content (AvgIpc) is 3.83. The van der Waals surface area contributed by atoms with Gasteiger partial charge in [0.1, 0.15) is 6.61 Å². The molecule has 11 nitrogen and oxygen atoms in total. The molecule has 11 heteroatoms. The van der Waals surface area contributed by atoms with E-state index >= 15 is 0 Å². The Bertz CT molecular complexity index is 1640. The van der Waals surface area contributed by atoms with Gasteiger partial charge < -0.3 is 38.5 Å². The number of nitrogens with one attached hydrogen (secondary N) is 1. The second-order valence-electron chi connectivity index (χ2n) is 21.9. The zero-order chi connectivity index (χ0) is 54.6. The van der Waals surface area contributed by atoms with E-state index in [1.54, 1.807) is 12.1 Å². The Balaban J connectivity index is 1.27. The molecule has 3 rings (SSSR count). The third-order valence-electron chi connectivity index (χ3n) is 15.2. The molecule has 434 valence electrons. The summed E-state index contributed by atoms with van der Waals surface area (Å²) >= 11 is 0. The van der Waals surface area contributed by atoms with E-state index in [9.17, 15) is 9.59 Å². The van der Waals surface area contributed by atoms with Crippen molar-refractivity contribution in [3.63, 3.8) is 0 Å². The lowest BCUT2D eigenvalue weighted by molar-refractivity contribution is -0.256. The van der Waals surface area contributed by atoms with Gasteiger partial charge in [0.25, 0.3) is 0 Å². The zero-order valence-electron chi connectivity index (χ0n) is 49.0. The SMILES string of the molecule is CCCCC/C=C\C/C=C\CCCCCCCCC1(CCCCCCCC/C=C\C/C=C\CCCCC)OC[C@H](CN(C)CC(=O)NCCOCCOCCO[C@@H]2OC(COC(=O)c3ccccc3)[C@@H](C)[C@H](C)C2C)O1. The quantitative estimate of drug-likeness (QED) is 0.0384. The first-order valence-electron chi connectivity index (χ1n) is 30.7. The lowest BCUT2D eigenvalue weighted by Crippen LogP contribution is -2.48. The summed E-state index contributed by atoms with van der Waals surface area (Å²) in [6, 6.07) is 9.01. The molecule has 2 aliphatic rings. The molecule has 0 radical (unpaired) electrons. The summed E-state index contributed by atoms with van der Waals surface area (Å²) in [5, 5.41) is 2.99. The first-order valence-corrected chi connectivity index (χ1v) is 30.7. The summed E-state index contributed by atoms with van der Waals surface area (Å²) < 4.78 is 42.9. The van der Waals surface area contributed by atoms with Crippen molar-refractivity contribution in [3.05, 3.63) is 84.5 Å². The molecule has 0 bridgehead atoms. The summed E-state index contributed by atoms with van der Waals surface area (Å²) in [4.78, 5) is 27.5. The van der Waals surface area contributed by atoms with Crippen LogP contribution in [0, 0.1) is 17.8 Å². The fraction of sp³-hybridized carbons (Fsp3) is 0.754. The number of rotatable bonds is 47. The van der Waals surface area contributed by atoms with E-state index in [1.807, 2.05) is 30.1 Å². The highest BCUT2D eigenvalue weighted by Gasteiger charge is 2.42. The van der Waals surface area contributed by atoms with Crippen molar-refractivity contribution in [1.29, 1.82) is 0 Å². The molecule has 0 aromatic heterocycles. The molecule has 2 fully saturated rings. The average molecular weight is 1060 g/mol. The maximum absolute atomic E-state index is 12.9. The van der Waals surface area contributed by atoms with Crippen molar-refractivity contribution in [2.24, 2.45) is 17.8 Å². The van der Waals surface area contributed by atoms with Crippen LogP contribution in [-0.2, 0) is 38.0 Å². The second-order valence-corrected chi connectivity index (χ2v) is 21.9. The molecule has 2 aliphatic heterocycles. The predicted octanol–water partition coefficient (Wildman–Crippen LogP) is 15.1. The van der Waals surface area contributed by atoms with E-state index in [0.717, 1.165) is 38.5 Å². The minimum absolute atomic E-state index is 0.0353. The van der Waals surface area contributed by atoms with Crippen LogP contribution in [0.25, 0.3) is 0 Å². The monoisotopic (exact) mass is 1060 g/mol. The number of nitrogens with zero attached hydrogens (tertiary/aromatic N) is 1. The van der Waals surface area contributed by atoms with Gasteiger partial charge in [0.15, 0.2) is 12.1 Å². The zero-order valence-corrected chi connectivity index (χ0v) is 49.0. The largest absolute Gasteiger partial charge is 0.459 e. The number of ether oxygens (including phenoxy) is 7. The van der Waals surface area contributed by atoms with Crippen LogP contribution in [0.1, 0.15) is 212 Å². The van der Waals surface area contributed by atoms with E-state index in [2.05, 4.69) is 88.5 Å². The van der Waals surface area contributed by atoms with Crippen molar-refractivity contribution < 1.29 is 42.7 Å². The fourth-order valence-corrected chi connectivity index (χ4v) is 10.1. The number of esters is 1. The van der Waals surface area contributed by atoms with E-state index in [0.29, 0.717) is 64.2 Å². The Hall–Kier alpha value is -3.16. The number of amides is 1. The number of hydrogen-bond donors (Lipinski definition) is 1. The van der Waals surface area contributed by atoms with Crippen LogP contribution in [0.2, 0.25) is 0 Å². The van der Waals surface area contributed by atoms with Gasteiger partial charge in [0.05, 0.1) is 64.0 Å². The van der Waals surface area contributed by atoms with Crippen LogP contribution < -0.4 is 5.32 Å². The molecule has 2 unspecified atom stereocenters. The van der Waals surface area contributed by atoms with Crippen LogP contribution in [0.4, 0.5) is 0 Å². The Morgan fingerprint density at radius 1 is 0.632 bits per heavy atom. The van der Waals surface area contributed by atoms with Gasteiger partial charge >= 0.3 is 5.97 Å². The molecule has 0 spiro atoms. The molecule has 6 atom stereocenters. The second kappa shape index (κ2) is 44.7. The van der Waals surface area contributed by atoms with Crippen LogP contribution in [0.3, 0.4) is 0 Å². The summed E-state index contributed by atoms with van der Waals surface area (Å²) in [5.41, 5.74) is 0.526. The number of allylic oxidation sites excluding steroid dienone is 8. The maximum atomic E-state index is 12.9. The van der Waals surface area contributed by atoms with Crippen molar-refractivity contribution in [1.82, 2.24) is 10.2 Å². The summed E-state index contributed by atoms with van der Waals surface area (Å²) in [7, 11) is 1.98. The number of carbonyl (C=O) groups is 2. The molecule has 1 amide bonds. The lowest BCUT2D eigenvalue weighted by atomic mass is 9.79.